The summed E-state index contributed by atoms with van der Waals surface area (Å²) >= 11 is 0. The molecule has 6 unspecified atom stereocenters. The molecule has 0 aromatic heterocycles. The van der Waals surface area contributed by atoms with Crippen LogP contribution >= 0.6 is 0 Å². The number of nitrogens with zero attached hydrogens (tertiary/aromatic N) is 1. The molecule has 10 nitrogen and oxygen atoms in total. The van der Waals surface area contributed by atoms with Gasteiger partial charge in [-0.05, 0) is 42.9 Å². The predicted octanol–water partition coefficient (Wildman–Crippen LogP) is 3.33. The van der Waals surface area contributed by atoms with Crippen molar-refractivity contribution in [1.82, 2.24) is 4.90 Å². The van der Waals surface area contributed by atoms with Crippen molar-refractivity contribution in [2.45, 2.75) is 77.5 Å². The number of esters is 2. The summed E-state index contributed by atoms with van der Waals surface area (Å²) < 4.78 is 35.5. The van der Waals surface area contributed by atoms with Crippen LogP contribution in [0.1, 0.15) is 53.4 Å². The van der Waals surface area contributed by atoms with Gasteiger partial charge >= 0.3 is 24.2 Å². The standard InChI is InChI=1S/C23H32FNO9/c1-10(2)13-6-5-11(3)7-15(13)34-22(30)33-12(4)32-19(26)17-14-8-16(24)23(18(14)17)20(27)31-9-25(23)21(28)29/h10-18H,5-9H2,1-4H3,(H,28,29)/t11-,12?,13+,14?,15-,16?,17?,18?,23?/m1/s1. The van der Waals surface area contributed by atoms with E-state index in [1.807, 2.05) is 0 Å². The van der Waals surface area contributed by atoms with Crippen LogP contribution in [-0.2, 0) is 28.5 Å². The molecule has 0 radical (unpaired) electrons. The van der Waals surface area contributed by atoms with Crippen molar-refractivity contribution in [3.05, 3.63) is 0 Å². The van der Waals surface area contributed by atoms with E-state index in [4.69, 9.17) is 18.9 Å². The van der Waals surface area contributed by atoms with E-state index < -0.39 is 66.7 Å². The predicted molar refractivity (Wildman–Crippen MR) is 112 cm³/mol. The van der Waals surface area contributed by atoms with Gasteiger partial charge in [0.25, 0.3) is 0 Å². The van der Waals surface area contributed by atoms with Gasteiger partial charge in [0.1, 0.15) is 12.3 Å². The Bertz CT molecular complexity index is 865. The number of hydrogen-bond acceptors (Lipinski definition) is 8. The summed E-state index contributed by atoms with van der Waals surface area (Å²) in [6.07, 6.45) is -3.13. The Hall–Kier alpha value is -2.59. The monoisotopic (exact) mass is 485 g/mol. The second-order valence-electron chi connectivity index (χ2n) is 10.4. The van der Waals surface area contributed by atoms with Crippen molar-refractivity contribution in [3.63, 3.8) is 0 Å². The fourth-order valence-electron chi connectivity index (χ4n) is 6.30. The first-order valence-electron chi connectivity index (χ1n) is 11.9. The smallest absolute Gasteiger partial charge is 0.465 e. The molecule has 3 aliphatic carbocycles. The number of ether oxygens (including phenoxy) is 4. The Balaban J connectivity index is 1.34. The van der Waals surface area contributed by atoms with Gasteiger partial charge < -0.3 is 24.1 Å². The number of fused-ring (bicyclic) bond motifs is 2. The molecule has 1 spiro atoms. The van der Waals surface area contributed by atoms with Gasteiger partial charge in [-0.3, -0.25) is 9.69 Å². The summed E-state index contributed by atoms with van der Waals surface area (Å²) in [6.45, 7) is 7.05. The van der Waals surface area contributed by atoms with Gasteiger partial charge in [0.05, 0.1) is 5.92 Å². The molecule has 1 amide bonds. The zero-order valence-corrected chi connectivity index (χ0v) is 19.8. The lowest BCUT2D eigenvalue weighted by Crippen LogP contribution is -2.58. The first-order valence-corrected chi connectivity index (χ1v) is 11.9. The number of hydrogen-bond donors (Lipinski definition) is 1. The number of alkyl halides is 1. The number of rotatable bonds is 5. The van der Waals surface area contributed by atoms with Crippen LogP contribution in [0.5, 0.6) is 0 Å². The highest BCUT2D eigenvalue weighted by molar-refractivity contribution is 5.92. The van der Waals surface area contributed by atoms with E-state index in [2.05, 4.69) is 20.8 Å². The van der Waals surface area contributed by atoms with Crippen LogP contribution in [0.25, 0.3) is 0 Å². The Kier molecular flexibility index (Phi) is 6.41. The molecule has 34 heavy (non-hydrogen) atoms. The summed E-state index contributed by atoms with van der Waals surface area (Å²) in [5.41, 5.74) is -2.03. The number of amides is 1. The van der Waals surface area contributed by atoms with Crippen LogP contribution in [0.4, 0.5) is 14.0 Å². The van der Waals surface area contributed by atoms with Gasteiger partial charge in [0, 0.05) is 12.8 Å². The molecule has 9 atom stereocenters. The van der Waals surface area contributed by atoms with Crippen molar-refractivity contribution < 1.29 is 47.6 Å². The Morgan fingerprint density at radius 2 is 1.88 bits per heavy atom. The lowest BCUT2D eigenvalue weighted by atomic mass is 9.75. The Labute approximate surface area is 197 Å². The van der Waals surface area contributed by atoms with E-state index in [-0.39, 0.29) is 18.4 Å². The zero-order valence-electron chi connectivity index (χ0n) is 19.8. The van der Waals surface area contributed by atoms with Gasteiger partial charge in [-0.25, -0.2) is 18.8 Å². The summed E-state index contributed by atoms with van der Waals surface area (Å²) in [5.74, 6) is -3.09. The summed E-state index contributed by atoms with van der Waals surface area (Å²) in [6, 6.07) is 0. The third-order valence-corrected chi connectivity index (χ3v) is 7.99. The van der Waals surface area contributed by atoms with E-state index in [1.54, 1.807) is 0 Å². The summed E-state index contributed by atoms with van der Waals surface area (Å²) in [7, 11) is 0. The lowest BCUT2D eigenvalue weighted by molar-refractivity contribution is -0.173. The van der Waals surface area contributed by atoms with Gasteiger partial charge in [-0.15, -0.1) is 0 Å². The van der Waals surface area contributed by atoms with Crippen LogP contribution in [0.3, 0.4) is 0 Å². The summed E-state index contributed by atoms with van der Waals surface area (Å²) in [5, 5.41) is 9.42. The summed E-state index contributed by atoms with van der Waals surface area (Å²) in [4.78, 5) is 49.7. The second kappa shape index (κ2) is 8.88. The maximum Gasteiger partial charge on any atom is 0.511 e. The minimum Gasteiger partial charge on any atom is -0.465 e. The molecule has 1 saturated heterocycles. The van der Waals surface area contributed by atoms with E-state index in [0.717, 1.165) is 19.3 Å². The lowest BCUT2D eigenvalue weighted by Gasteiger charge is -2.36. The highest BCUT2D eigenvalue weighted by atomic mass is 19.1. The number of carbonyl (C=O) groups excluding carboxylic acids is 3. The first kappa shape index (κ1) is 24.5. The molecule has 1 aliphatic heterocycles. The highest BCUT2D eigenvalue weighted by Crippen LogP contribution is 2.66. The van der Waals surface area contributed by atoms with Crippen LogP contribution in [0, 0.1) is 35.5 Å². The number of halogens is 1. The van der Waals surface area contributed by atoms with Gasteiger partial charge in [-0.1, -0.05) is 27.2 Å². The Morgan fingerprint density at radius 3 is 2.53 bits per heavy atom. The highest BCUT2D eigenvalue weighted by Gasteiger charge is 2.81. The average molecular weight is 486 g/mol. The molecule has 4 aliphatic rings. The van der Waals surface area contributed by atoms with Crippen molar-refractivity contribution in [2.24, 2.45) is 35.5 Å². The largest absolute Gasteiger partial charge is 0.511 e. The maximum atomic E-state index is 14.8. The maximum absolute atomic E-state index is 14.8. The van der Waals surface area contributed by atoms with E-state index in [1.165, 1.54) is 6.92 Å². The topological polar surface area (TPSA) is 129 Å². The molecule has 0 bridgehead atoms. The molecule has 1 heterocycles. The van der Waals surface area contributed by atoms with Crippen molar-refractivity contribution in [2.75, 3.05) is 6.73 Å². The molecule has 4 rings (SSSR count). The molecule has 190 valence electrons. The minimum absolute atomic E-state index is 0.156. The molecular formula is C23H32FNO9. The fraction of sp³-hybridized carbons (Fsp3) is 0.826. The van der Waals surface area contributed by atoms with Gasteiger partial charge in [0.15, 0.2) is 12.3 Å². The van der Waals surface area contributed by atoms with Gasteiger partial charge in [0.2, 0.25) is 6.29 Å². The van der Waals surface area contributed by atoms with E-state index in [0.29, 0.717) is 16.7 Å². The number of cyclic esters (lactones) is 1. The van der Waals surface area contributed by atoms with Gasteiger partial charge in [-0.2, -0.15) is 0 Å². The van der Waals surface area contributed by atoms with Crippen LogP contribution < -0.4 is 0 Å². The van der Waals surface area contributed by atoms with Crippen LogP contribution in [0.15, 0.2) is 0 Å². The molecule has 0 aromatic carbocycles. The van der Waals surface area contributed by atoms with Crippen molar-refractivity contribution in [3.8, 4) is 0 Å². The van der Waals surface area contributed by atoms with Crippen molar-refractivity contribution >= 4 is 24.2 Å². The third kappa shape index (κ3) is 3.96. The molecule has 3 saturated carbocycles. The average Bonchev–Trinajstić information content (AvgIpc) is 3.21. The number of carboxylic acid groups (broad SMARTS) is 1. The molecular weight excluding hydrogens is 453 g/mol. The van der Waals surface area contributed by atoms with Crippen LogP contribution in [-0.4, -0.2) is 65.0 Å². The normalized spacial score (nSPS) is 39.4. The molecule has 4 fully saturated rings. The van der Waals surface area contributed by atoms with E-state index >= 15 is 0 Å². The molecule has 1 N–H and O–H groups in total. The third-order valence-electron chi connectivity index (χ3n) is 7.99. The SMILES string of the molecule is CC(OC(=O)O[C@@H]1C[C@H](C)CC[C@H]1C(C)C)OC(=O)C1C2CC(F)C3(C(=O)OCN3C(=O)O)C21. The molecule has 0 aromatic rings. The van der Waals surface area contributed by atoms with Crippen molar-refractivity contribution in [1.29, 1.82) is 0 Å². The number of carbonyl (C=O) groups is 4. The fourth-order valence-corrected chi connectivity index (χ4v) is 6.30. The first-order chi connectivity index (χ1) is 16.0. The Morgan fingerprint density at radius 1 is 1.18 bits per heavy atom. The quantitative estimate of drug-likeness (QED) is 0.354. The molecule has 11 heteroatoms. The van der Waals surface area contributed by atoms with Crippen LogP contribution in [0.2, 0.25) is 0 Å². The minimum atomic E-state index is -2.03. The van der Waals surface area contributed by atoms with E-state index in [9.17, 15) is 28.7 Å². The second-order valence-corrected chi connectivity index (χ2v) is 10.4. The zero-order chi connectivity index (χ0) is 24.9.